The van der Waals surface area contributed by atoms with E-state index in [1.54, 1.807) is 0 Å². The van der Waals surface area contributed by atoms with Crippen molar-refractivity contribution in [1.29, 1.82) is 0 Å². The number of urea groups is 1. The van der Waals surface area contributed by atoms with E-state index in [4.69, 9.17) is 0 Å². The molecule has 14 heavy (non-hydrogen) atoms. The topological polar surface area (TPSA) is 108 Å². The molecule has 8 heteroatoms. The monoisotopic (exact) mass is 195 g/mol. The molecule has 2 N–H and O–H groups in total. The van der Waals surface area contributed by atoms with Crippen LogP contribution < -0.4 is 5.32 Å². The normalized spacial score (nSPS) is 16.3. The first-order valence-electron chi connectivity index (χ1n) is 3.70. The van der Waals surface area contributed by atoms with Gasteiger partial charge in [0.2, 0.25) is 0 Å². The highest BCUT2D eigenvalue weighted by Gasteiger charge is 2.36. The summed E-state index contributed by atoms with van der Waals surface area (Å²) in [6, 6.07) is -0.733. The van der Waals surface area contributed by atoms with Crippen molar-refractivity contribution in [3.63, 3.8) is 0 Å². The van der Waals surface area contributed by atoms with Gasteiger partial charge >= 0.3 is 17.8 Å². The summed E-state index contributed by atoms with van der Waals surface area (Å²) >= 11 is 0. The van der Waals surface area contributed by atoms with Crippen molar-refractivity contribution in [3.05, 3.63) is 11.9 Å². The molecular weight excluding hydrogens is 190 g/mol. The molecule has 1 aromatic rings. The van der Waals surface area contributed by atoms with Crippen LogP contribution in [0.3, 0.4) is 0 Å². The number of imide groups is 2. The van der Waals surface area contributed by atoms with Crippen LogP contribution >= 0.6 is 0 Å². The smallest absolute Gasteiger partial charge is 0.269 e. The third-order valence-electron chi connectivity index (χ3n) is 1.69. The molecule has 1 aliphatic heterocycles. The molecule has 0 bridgehead atoms. The first-order chi connectivity index (χ1) is 6.68. The van der Waals surface area contributed by atoms with Gasteiger partial charge in [-0.3, -0.25) is 14.9 Å². The van der Waals surface area contributed by atoms with Crippen LogP contribution in [-0.4, -0.2) is 38.2 Å². The standard InChI is InChI=1S/C6H5N5O3/c12-4-5(13)11(6(14)8-4)2-3-1-7-10-9-3/h1H,2H2,(H,7,9,10)(H,8,12,14). The van der Waals surface area contributed by atoms with Gasteiger partial charge in [0.15, 0.2) is 0 Å². The summed E-state index contributed by atoms with van der Waals surface area (Å²) in [7, 11) is 0. The van der Waals surface area contributed by atoms with Crippen molar-refractivity contribution in [1.82, 2.24) is 25.6 Å². The second kappa shape index (κ2) is 2.91. The largest absolute Gasteiger partial charge is 0.331 e. The fourth-order valence-corrected chi connectivity index (χ4v) is 1.04. The van der Waals surface area contributed by atoms with E-state index in [1.165, 1.54) is 6.20 Å². The van der Waals surface area contributed by atoms with Crippen LogP contribution in [0.2, 0.25) is 0 Å². The number of carbonyl (C=O) groups is 3. The van der Waals surface area contributed by atoms with Gasteiger partial charge in [0, 0.05) is 0 Å². The zero-order valence-electron chi connectivity index (χ0n) is 6.85. The van der Waals surface area contributed by atoms with Gasteiger partial charge in [-0.2, -0.15) is 15.4 Å². The Morgan fingerprint density at radius 1 is 1.36 bits per heavy atom. The fourth-order valence-electron chi connectivity index (χ4n) is 1.04. The second-order valence-electron chi connectivity index (χ2n) is 2.61. The molecule has 0 atom stereocenters. The van der Waals surface area contributed by atoms with Crippen LogP contribution in [0.1, 0.15) is 5.69 Å². The number of rotatable bonds is 2. The number of nitrogens with one attached hydrogen (secondary N) is 2. The third-order valence-corrected chi connectivity index (χ3v) is 1.69. The maximum atomic E-state index is 11.1. The predicted octanol–water partition coefficient (Wildman–Crippen LogP) is -1.62. The highest BCUT2D eigenvalue weighted by molar-refractivity contribution is 6.44. The van der Waals surface area contributed by atoms with Gasteiger partial charge in [-0.15, -0.1) is 0 Å². The van der Waals surface area contributed by atoms with Gasteiger partial charge in [0.05, 0.1) is 12.7 Å². The van der Waals surface area contributed by atoms with Crippen LogP contribution in [0, 0.1) is 0 Å². The first-order valence-corrected chi connectivity index (χ1v) is 3.70. The number of H-pyrrole nitrogens is 1. The van der Waals surface area contributed by atoms with Crippen molar-refractivity contribution in [3.8, 4) is 0 Å². The SMILES string of the molecule is O=C1NC(=O)N(Cc2cn[nH]n2)C1=O. The van der Waals surface area contributed by atoms with E-state index in [-0.39, 0.29) is 6.54 Å². The van der Waals surface area contributed by atoms with Crippen molar-refractivity contribution in [2.24, 2.45) is 0 Å². The maximum absolute atomic E-state index is 11.1. The van der Waals surface area contributed by atoms with E-state index in [1.807, 2.05) is 5.32 Å². The molecule has 0 unspecified atom stereocenters. The average Bonchev–Trinajstić information content (AvgIpc) is 2.71. The minimum Gasteiger partial charge on any atom is -0.269 e. The van der Waals surface area contributed by atoms with E-state index in [0.717, 1.165) is 4.90 Å². The Morgan fingerprint density at radius 2 is 2.14 bits per heavy atom. The summed E-state index contributed by atoms with van der Waals surface area (Å²) in [5.74, 6) is -1.79. The lowest BCUT2D eigenvalue weighted by molar-refractivity contribution is -0.140. The highest BCUT2D eigenvalue weighted by atomic mass is 16.2. The number of carbonyl (C=O) groups excluding carboxylic acids is 3. The maximum Gasteiger partial charge on any atom is 0.331 e. The molecule has 0 aromatic carbocycles. The van der Waals surface area contributed by atoms with Crippen LogP contribution in [-0.2, 0) is 16.1 Å². The molecule has 2 rings (SSSR count). The Kier molecular flexibility index (Phi) is 1.73. The van der Waals surface area contributed by atoms with E-state index in [2.05, 4.69) is 15.4 Å². The van der Waals surface area contributed by atoms with Gasteiger partial charge in [-0.1, -0.05) is 0 Å². The predicted molar refractivity (Wildman–Crippen MR) is 40.5 cm³/mol. The highest BCUT2D eigenvalue weighted by Crippen LogP contribution is 2.05. The zero-order chi connectivity index (χ0) is 10.1. The zero-order valence-corrected chi connectivity index (χ0v) is 6.85. The minimum atomic E-state index is -0.918. The van der Waals surface area contributed by atoms with E-state index in [0.29, 0.717) is 5.69 Å². The van der Waals surface area contributed by atoms with Crippen LogP contribution in [0.15, 0.2) is 6.20 Å². The molecule has 2 heterocycles. The molecule has 1 aromatic heterocycles. The lowest BCUT2D eigenvalue weighted by atomic mass is 10.4. The lowest BCUT2D eigenvalue weighted by Crippen LogP contribution is -2.30. The lowest BCUT2D eigenvalue weighted by Gasteiger charge is -2.07. The fraction of sp³-hybridized carbons (Fsp3) is 0.167. The number of hydrogen-bond acceptors (Lipinski definition) is 5. The van der Waals surface area contributed by atoms with Gasteiger partial charge in [-0.05, 0) is 0 Å². The second-order valence-corrected chi connectivity index (χ2v) is 2.61. The van der Waals surface area contributed by atoms with Crippen molar-refractivity contribution >= 4 is 17.8 Å². The Balaban J connectivity index is 2.16. The Morgan fingerprint density at radius 3 is 2.64 bits per heavy atom. The van der Waals surface area contributed by atoms with Crippen LogP contribution in [0.25, 0.3) is 0 Å². The van der Waals surface area contributed by atoms with Gasteiger partial charge in [0.25, 0.3) is 0 Å². The third kappa shape index (κ3) is 1.22. The van der Waals surface area contributed by atoms with Crippen molar-refractivity contribution in [2.75, 3.05) is 0 Å². The number of amides is 4. The average molecular weight is 195 g/mol. The summed E-state index contributed by atoms with van der Waals surface area (Å²) in [4.78, 5) is 33.6. The van der Waals surface area contributed by atoms with Crippen molar-refractivity contribution in [2.45, 2.75) is 6.54 Å². The number of aromatic nitrogens is 3. The molecule has 0 spiro atoms. The summed E-state index contributed by atoms with van der Waals surface area (Å²) in [5.41, 5.74) is 0.406. The number of hydrogen-bond donors (Lipinski definition) is 2. The van der Waals surface area contributed by atoms with Gasteiger partial charge in [-0.25, -0.2) is 9.69 Å². The van der Waals surface area contributed by atoms with Gasteiger partial charge < -0.3 is 0 Å². The molecule has 1 fully saturated rings. The summed E-state index contributed by atoms with van der Waals surface area (Å²) in [6.07, 6.45) is 1.36. The minimum absolute atomic E-state index is 0.0626. The molecule has 1 aliphatic rings. The summed E-state index contributed by atoms with van der Waals surface area (Å²) in [6.45, 7) is -0.0626. The molecule has 1 saturated heterocycles. The number of nitrogens with zero attached hydrogens (tertiary/aromatic N) is 3. The molecule has 0 aliphatic carbocycles. The van der Waals surface area contributed by atoms with Crippen LogP contribution in [0.5, 0.6) is 0 Å². The Labute approximate surface area is 77.3 Å². The Bertz CT molecular complexity index is 398. The quantitative estimate of drug-likeness (QED) is 0.435. The molecule has 4 amide bonds. The molecule has 0 saturated carbocycles. The van der Waals surface area contributed by atoms with E-state index in [9.17, 15) is 14.4 Å². The van der Waals surface area contributed by atoms with Gasteiger partial charge in [0.1, 0.15) is 5.69 Å². The van der Waals surface area contributed by atoms with E-state index < -0.39 is 17.8 Å². The van der Waals surface area contributed by atoms with Crippen molar-refractivity contribution < 1.29 is 14.4 Å². The summed E-state index contributed by atoms with van der Waals surface area (Å²) < 4.78 is 0. The molecule has 0 radical (unpaired) electrons. The Hall–Kier alpha value is -2.25. The molecular formula is C6H5N5O3. The van der Waals surface area contributed by atoms with E-state index >= 15 is 0 Å². The summed E-state index contributed by atoms with van der Waals surface area (Å²) in [5, 5.41) is 11.4. The molecule has 72 valence electrons. The molecule has 8 nitrogen and oxygen atoms in total. The number of aromatic amines is 1. The first kappa shape index (κ1) is 8.35. The van der Waals surface area contributed by atoms with Crippen LogP contribution in [0.4, 0.5) is 4.79 Å².